The SMILES string of the molecule is CC(C)[C@@H](OCc1cn([C@H]2C[C@H](O)[C@@H](CO)O2)c(=O)nc1N)c1ccc(C#CCNC(=O)C(F)(F)F)cc1[N+](=O)[O-]. The number of carbonyl (C=O) groups excluding carboxylic acids is 1. The monoisotopic (exact) mass is 583 g/mol. The average molecular weight is 584 g/mol. The fourth-order valence-electron chi connectivity index (χ4n) is 4.10. The number of alkyl halides is 3. The van der Waals surface area contributed by atoms with Crippen LogP contribution in [0.1, 0.15) is 49.3 Å². The minimum Gasteiger partial charge on any atom is -0.394 e. The van der Waals surface area contributed by atoms with Crippen LogP contribution in [-0.4, -0.2) is 62.1 Å². The number of ether oxygens (including phenoxy) is 2. The maximum Gasteiger partial charge on any atom is 0.471 e. The fraction of sp³-hybridized carbons (Fsp3) is 0.480. The first-order valence-corrected chi connectivity index (χ1v) is 12.3. The standard InChI is InChI=1S/C25H28F3N5O8/c1-13(2)21(16-6-5-14(8-17(16)33(38)39)4-3-7-30-23(36)25(26,27)28)40-12-15-10-32(24(37)31-22(15)29)20-9-18(35)19(11-34)41-20/h5-6,8,10,13,18-21,34-35H,7,9,11-12H2,1-2H3,(H,30,36)(H2,29,31,37)/t18-,19+,20+,21+/m0/s1. The number of amides is 1. The Morgan fingerprint density at radius 3 is 2.71 bits per heavy atom. The lowest BCUT2D eigenvalue weighted by atomic mass is 9.96. The Bertz CT molecular complexity index is 1400. The van der Waals surface area contributed by atoms with Crippen molar-refractivity contribution in [3.63, 3.8) is 0 Å². The summed E-state index contributed by atoms with van der Waals surface area (Å²) < 4.78 is 49.5. The predicted octanol–water partition coefficient (Wildman–Crippen LogP) is 1.32. The Kier molecular flexibility index (Phi) is 10.0. The van der Waals surface area contributed by atoms with Crippen molar-refractivity contribution in [3.8, 4) is 11.8 Å². The molecular formula is C25H28F3N5O8. The van der Waals surface area contributed by atoms with E-state index >= 15 is 0 Å². The molecule has 1 aromatic carbocycles. The van der Waals surface area contributed by atoms with Gasteiger partial charge in [-0.2, -0.15) is 18.2 Å². The van der Waals surface area contributed by atoms with Crippen molar-refractivity contribution in [2.45, 2.75) is 57.6 Å². The van der Waals surface area contributed by atoms with E-state index in [0.29, 0.717) is 0 Å². The molecule has 0 spiro atoms. The number of anilines is 1. The van der Waals surface area contributed by atoms with E-state index in [1.54, 1.807) is 19.2 Å². The highest BCUT2D eigenvalue weighted by molar-refractivity contribution is 5.81. The number of hydrogen-bond donors (Lipinski definition) is 4. The predicted molar refractivity (Wildman–Crippen MR) is 136 cm³/mol. The second kappa shape index (κ2) is 13.1. The van der Waals surface area contributed by atoms with Crippen LogP contribution in [0.25, 0.3) is 0 Å². The molecule has 2 aromatic rings. The molecule has 16 heteroatoms. The second-order valence-electron chi connectivity index (χ2n) is 9.44. The van der Waals surface area contributed by atoms with E-state index in [1.807, 2.05) is 0 Å². The van der Waals surface area contributed by atoms with Crippen LogP contribution in [0.3, 0.4) is 0 Å². The number of nitrogens with zero attached hydrogens (tertiary/aromatic N) is 3. The number of carbonyl (C=O) groups is 1. The molecule has 222 valence electrons. The van der Waals surface area contributed by atoms with Crippen molar-refractivity contribution < 1.29 is 42.6 Å². The molecule has 0 aliphatic carbocycles. The summed E-state index contributed by atoms with van der Waals surface area (Å²) in [6, 6.07) is 3.98. The number of nitro groups is 1. The number of aliphatic hydroxyl groups excluding tert-OH is 2. The number of aromatic nitrogens is 2. The number of nitrogen functional groups attached to an aromatic ring is 1. The van der Waals surface area contributed by atoms with Crippen molar-refractivity contribution >= 4 is 17.4 Å². The number of hydrogen-bond acceptors (Lipinski definition) is 10. The van der Waals surface area contributed by atoms with E-state index in [4.69, 9.17) is 15.2 Å². The third kappa shape index (κ3) is 7.79. The van der Waals surface area contributed by atoms with Crippen LogP contribution in [0, 0.1) is 27.9 Å². The molecule has 4 atom stereocenters. The van der Waals surface area contributed by atoms with Crippen LogP contribution in [0.15, 0.2) is 29.2 Å². The van der Waals surface area contributed by atoms with E-state index in [9.17, 15) is 43.1 Å². The summed E-state index contributed by atoms with van der Waals surface area (Å²) in [7, 11) is 0. The average Bonchev–Trinajstić information content (AvgIpc) is 3.27. The number of rotatable bonds is 9. The van der Waals surface area contributed by atoms with Crippen LogP contribution < -0.4 is 16.7 Å². The molecule has 0 saturated carbocycles. The van der Waals surface area contributed by atoms with E-state index in [-0.39, 0.29) is 47.1 Å². The Morgan fingerprint density at radius 1 is 1.41 bits per heavy atom. The van der Waals surface area contributed by atoms with E-state index in [2.05, 4.69) is 16.8 Å². The zero-order valence-corrected chi connectivity index (χ0v) is 21.9. The molecular weight excluding hydrogens is 555 g/mol. The third-order valence-electron chi connectivity index (χ3n) is 6.14. The largest absolute Gasteiger partial charge is 0.471 e. The minimum atomic E-state index is -5.05. The summed E-state index contributed by atoms with van der Waals surface area (Å²) in [5, 5.41) is 32.8. The van der Waals surface area contributed by atoms with Gasteiger partial charge in [-0.25, -0.2) is 4.79 Å². The van der Waals surface area contributed by atoms with Crippen molar-refractivity contribution in [3.05, 3.63) is 61.7 Å². The van der Waals surface area contributed by atoms with E-state index in [0.717, 1.165) is 10.6 Å². The summed E-state index contributed by atoms with van der Waals surface area (Å²) in [6.07, 6.45) is -7.29. The molecule has 0 unspecified atom stereocenters. The van der Waals surface area contributed by atoms with Crippen molar-refractivity contribution in [2.24, 2.45) is 5.92 Å². The van der Waals surface area contributed by atoms with Gasteiger partial charge < -0.3 is 30.7 Å². The third-order valence-corrected chi connectivity index (χ3v) is 6.14. The van der Waals surface area contributed by atoms with Crippen LogP contribution >= 0.6 is 0 Å². The number of nitro benzene ring substituents is 1. The van der Waals surface area contributed by atoms with Gasteiger partial charge in [0.25, 0.3) is 5.69 Å². The first-order valence-electron chi connectivity index (χ1n) is 12.3. The molecule has 0 radical (unpaired) electrons. The normalized spacial score (nSPS) is 19.5. The van der Waals surface area contributed by atoms with Gasteiger partial charge in [-0.1, -0.05) is 25.7 Å². The Labute approximate surface area is 231 Å². The summed E-state index contributed by atoms with van der Waals surface area (Å²) in [5.41, 5.74) is 5.42. The fourth-order valence-corrected chi connectivity index (χ4v) is 4.10. The number of benzene rings is 1. The van der Waals surface area contributed by atoms with Crippen LogP contribution in [-0.2, 0) is 20.9 Å². The van der Waals surface area contributed by atoms with Gasteiger partial charge in [-0.15, -0.1) is 0 Å². The number of aliphatic hydroxyl groups is 2. The highest BCUT2D eigenvalue weighted by Gasteiger charge is 2.38. The maximum absolute atomic E-state index is 12.4. The smallest absolute Gasteiger partial charge is 0.394 e. The molecule has 1 aliphatic rings. The molecule has 2 heterocycles. The summed E-state index contributed by atoms with van der Waals surface area (Å²) in [5.74, 6) is 2.21. The van der Waals surface area contributed by atoms with E-state index in [1.165, 1.54) is 18.3 Å². The van der Waals surface area contributed by atoms with Gasteiger partial charge in [0.15, 0.2) is 0 Å². The lowest BCUT2D eigenvalue weighted by Crippen LogP contribution is -2.36. The lowest BCUT2D eigenvalue weighted by Gasteiger charge is -2.23. The first kappa shape index (κ1) is 31.5. The number of halogens is 3. The van der Waals surface area contributed by atoms with Gasteiger partial charge in [0.1, 0.15) is 18.1 Å². The summed E-state index contributed by atoms with van der Waals surface area (Å²) >= 11 is 0. The molecule has 0 bridgehead atoms. The van der Waals surface area contributed by atoms with Crippen LogP contribution in [0.2, 0.25) is 0 Å². The molecule has 1 aliphatic heterocycles. The van der Waals surface area contributed by atoms with Crippen molar-refractivity contribution in [1.82, 2.24) is 14.9 Å². The van der Waals surface area contributed by atoms with Crippen molar-refractivity contribution in [1.29, 1.82) is 0 Å². The van der Waals surface area contributed by atoms with Gasteiger partial charge >= 0.3 is 17.8 Å². The zero-order valence-electron chi connectivity index (χ0n) is 21.9. The molecule has 3 rings (SSSR count). The highest BCUT2D eigenvalue weighted by Crippen LogP contribution is 2.35. The second-order valence-corrected chi connectivity index (χ2v) is 9.44. The number of nitrogens with one attached hydrogen (secondary N) is 1. The molecule has 1 fully saturated rings. The quantitative estimate of drug-likeness (QED) is 0.190. The highest BCUT2D eigenvalue weighted by atomic mass is 19.4. The first-order chi connectivity index (χ1) is 19.2. The molecule has 1 saturated heterocycles. The topological polar surface area (TPSA) is 192 Å². The van der Waals surface area contributed by atoms with Gasteiger partial charge in [-0.3, -0.25) is 19.5 Å². The Morgan fingerprint density at radius 2 is 2.12 bits per heavy atom. The molecule has 1 amide bonds. The molecule has 1 aromatic heterocycles. The number of nitrogens with two attached hydrogens (primary N) is 1. The van der Waals surface area contributed by atoms with Gasteiger partial charge in [0.2, 0.25) is 0 Å². The molecule has 41 heavy (non-hydrogen) atoms. The maximum atomic E-state index is 12.4. The van der Waals surface area contributed by atoms with E-state index < -0.39 is 60.4 Å². The molecule has 13 nitrogen and oxygen atoms in total. The lowest BCUT2D eigenvalue weighted by molar-refractivity contribution is -0.386. The molecule has 5 N–H and O–H groups in total. The van der Waals surface area contributed by atoms with Gasteiger partial charge in [0.05, 0.1) is 42.5 Å². The van der Waals surface area contributed by atoms with Crippen LogP contribution in [0.5, 0.6) is 0 Å². The summed E-state index contributed by atoms with van der Waals surface area (Å²) in [4.78, 5) is 38.3. The van der Waals surface area contributed by atoms with Crippen molar-refractivity contribution in [2.75, 3.05) is 18.9 Å². The van der Waals surface area contributed by atoms with Crippen LogP contribution in [0.4, 0.5) is 24.7 Å². The Hall–Kier alpha value is -4.04. The van der Waals surface area contributed by atoms with Gasteiger partial charge in [0, 0.05) is 29.8 Å². The Balaban J connectivity index is 1.81. The zero-order chi connectivity index (χ0) is 30.5. The summed E-state index contributed by atoms with van der Waals surface area (Å²) in [6.45, 7) is 2.25. The minimum absolute atomic E-state index is 0.0295. The van der Waals surface area contributed by atoms with Gasteiger partial charge in [-0.05, 0) is 18.1 Å².